The van der Waals surface area contributed by atoms with Crippen LogP contribution < -0.4 is 16.5 Å². The highest BCUT2D eigenvalue weighted by molar-refractivity contribution is 6.01. The lowest BCUT2D eigenvalue weighted by atomic mass is 10.0. The van der Waals surface area contributed by atoms with Crippen LogP contribution in [0.1, 0.15) is 44.6 Å². The molecule has 0 unspecified atom stereocenters. The average molecular weight is 657 g/mol. The van der Waals surface area contributed by atoms with E-state index in [0.29, 0.717) is 38.0 Å². The lowest BCUT2D eigenvalue weighted by molar-refractivity contribution is -0.129. The summed E-state index contributed by atoms with van der Waals surface area (Å²) in [5.74, 6) is -1.03. The second-order valence-corrected chi connectivity index (χ2v) is 12.9. The van der Waals surface area contributed by atoms with Crippen LogP contribution in [0.3, 0.4) is 0 Å². The number of nitrogens with one attached hydrogen (secondary N) is 2. The van der Waals surface area contributed by atoms with Gasteiger partial charge in [-0.1, -0.05) is 90.5 Å². The lowest BCUT2D eigenvalue weighted by Crippen LogP contribution is -2.57. The largest absolute Gasteiger partial charge is 0.369 e. The highest BCUT2D eigenvalue weighted by Crippen LogP contribution is 2.25. The van der Waals surface area contributed by atoms with E-state index in [1.165, 1.54) is 11.1 Å². The molecule has 0 radical (unpaired) electrons. The number of rotatable bonds is 13. The number of hydrazine groups is 1. The van der Waals surface area contributed by atoms with E-state index < -0.39 is 11.9 Å². The summed E-state index contributed by atoms with van der Waals surface area (Å²) >= 11 is 0. The third kappa shape index (κ3) is 9.01. The van der Waals surface area contributed by atoms with Crippen molar-refractivity contribution in [3.05, 3.63) is 143 Å². The van der Waals surface area contributed by atoms with Gasteiger partial charge in [0.05, 0.1) is 6.42 Å². The van der Waals surface area contributed by atoms with Crippen LogP contribution in [0.5, 0.6) is 0 Å². The van der Waals surface area contributed by atoms with Gasteiger partial charge in [0.25, 0.3) is 11.8 Å². The van der Waals surface area contributed by atoms with Crippen molar-refractivity contribution in [3.63, 3.8) is 0 Å². The molecular weight excluding hydrogens is 612 g/mol. The molecule has 6 rings (SSSR count). The van der Waals surface area contributed by atoms with Gasteiger partial charge >= 0.3 is 0 Å². The van der Waals surface area contributed by atoms with Crippen molar-refractivity contribution in [3.8, 4) is 0 Å². The van der Waals surface area contributed by atoms with Crippen LogP contribution in [-0.4, -0.2) is 64.4 Å². The zero-order valence-electron chi connectivity index (χ0n) is 28.0. The number of fused-ring (bicyclic) bond motifs is 1. The Kier molecular flexibility index (Phi) is 10.8. The van der Waals surface area contributed by atoms with Crippen LogP contribution >= 0.6 is 0 Å². The van der Waals surface area contributed by atoms with E-state index in [9.17, 15) is 14.4 Å². The molecule has 1 saturated heterocycles. The van der Waals surface area contributed by atoms with E-state index in [1.54, 1.807) is 12.1 Å². The van der Waals surface area contributed by atoms with Crippen LogP contribution in [0.4, 0.5) is 0 Å². The highest BCUT2D eigenvalue weighted by Gasteiger charge is 2.26. The van der Waals surface area contributed by atoms with E-state index in [4.69, 9.17) is 5.73 Å². The Morgan fingerprint density at radius 3 is 2.10 bits per heavy atom. The minimum absolute atomic E-state index is 0.0587. The molecule has 4 N–H and O–H groups in total. The Morgan fingerprint density at radius 2 is 1.43 bits per heavy atom. The summed E-state index contributed by atoms with van der Waals surface area (Å²) in [5, 5.41) is 5.76. The van der Waals surface area contributed by atoms with Crippen LogP contribution in [0.15, 0.2) is 109 Å². The molecule has 1 aliphatic rings. The molecule has 0 spiro atoms. The van der Waals surface area contributed by atoms with Gasteiger partial charge in [0.1, 0.15) is 6.04 Å². The van der Waals surface area contributed by atoms with Gasteiger partial charge in [0.2, 0.25) is 5.91 Å². The number of carbonyl (C=O) groups is 3. The van der Waals surface area contributed by atoms with E-state index in [2.05, 4.69) is 75.7 Å². The zero-order chi connectivity index (χ0) is 34.2. The Morgan fingerprint density at radius 1 is 0.776 bits per heavy atom. The number of primary amides is 1. The predicted octanol–water partition coefficient (Wildman–Crippen LogP) is 4.61. The van der Waals surface area contributed by atoms with Gasteiger partial charge in [-0.2, -0.15) is 0 Å². The minimum atomic E-state index is -0.748. The minimum Gasteiger partial charge on any atom is -0.369 e. The number of piperazine rings is 1. The molecule has 5 aromatic rings. The number of nitrogens with zero attached hydrogens (tertiary/aromatic N) is 3. The molecule has 1 atom stereocenters. The van der Waals surface area contributed by atoms with E-state index in [1.807, 2.05) is 53.7 Å². The summed E-state index contributed by atoms with van der Waals surface area (Å²) in [4.78, 5) is 41.9. The van der Waals surface area contributed by atoms with Crippen LogP contribution in [0.25, 0.3) is 10.9 Å². The first-order chi connectivity index (χ1) is 23.8. The first kappa shape index (κ1) is 33.6. The van der Waals surface area contributed by atoms with Crippen LogP contribution in [-0.2, 0) is 35.5 Å². The molecule has 4 aromatic carbocycles. The van der Waals surface area contributed by atoms with Gasteiger partial charge in [0.15, 0.2) is 0 Å². The maximum atomic E-state index is 13.8. The van der Waals surface area contributed by atoms with Crippen molar-refractivity contribution in [2.24, 2.45) is 5.73 Å². The smallest absolute Gasteiger partial charge is 0.256 e. The molecule has 2 heterocycles. The van der Waals surface area contributed by atoms with Crippen molar-refractivity contribution in [1.82, 2.24) is 25.2 Å². The fourth-order valence-corrected chi connectivity index (χ4v) is 6.42. The number of carbonyl (C=O) groups excluding carboxylic acids is 3. The van der Waals surface area contributed by atoms with Gasteiger partial charge in [-0.3, -0.25) is 24.7 Å². The molecular formula is C40H44N6O3. The number of amides is 3. The van der Waals surface area contributed by atoms with Crippen molar-refractivity contribution in [2.45, 2.75) is 45.3 Å². The second-order valence-electron chi connectivity index (χ2n) is 12.9. The van der Waals surface area contributed by atoms with E-state index >= 15 is 0 Å². The molecule has 0 aliphatic carbocycles. The molecule has 1 aromatic heterocycles. The molecule has 9 heteroatoms. The van der Waals surface area contributed by atoms with Crippen LogP contribution in [0, 0.1) is 6.92 Å². The SMILES string of the molecule is Cc1ccc(Cn2cc(CC(N)=O)c3cc(C(=O)N[C@@H](CCc4ccccc4)C(=O)NN4CCN(Cc5ccccc5)CC4)ccc32)cc1. The molecule has 9 nitrogen and oxygen atoms in total. The summed E-state index contributed by atoms with van der Waals surface area (Å²) in [6.45, 7) is 6.58. The molecule has 3 amide bonds. The third-order valence-corrected chi connectivity index (χ3v) is 9.14. The third-order valence-electron chi connectivity index (χ3n) is 9.14. The fraction of sp³-hybridized carbons (Fsp3) is 0.275. The fourth-order valence-electron chi connectivity index (χ4n) is 6.42. The zero-order valence-corrected chi connectivity index (χ0v) is 28.0. The first-order valence-corrected chi connectivity index (χ1v) is 16.9. The summed E-state index contributed by atoms with van der Waals surface area (Å²) in [6.07, 6.45) is 3.07. The molecule has 0 saturated carbocycles. The van der Waals surface area contributed by atoms with E-state index in [-0.39, 0.29) is 18.2 Å². The Hall–Kier alpha value is -5.25. The maximum absolute atomic E-state index is 13.8. The van der Waals surface area contributed by atoms with Crippen molar-refractivity contribution in [1.29, 1.82) is 0 Å². The Labute approximate surface area is 287 Å². The normalized spacial score (nSPS) is 14.4. The standard InChI is InChI=1S/C40H44N6O3/c1-29-12-14-32(15-13-29)27-45-28-34(25-38(41)47)35-24-33(17-19-37(35)45)39(48)42-36(18-16-30-8-4-2-5-9-30)40(49)43-46-22-20-44(21-23-46)26-31-10-6-3-7-11-31/h2-15,17,19,24,28,36H,16,18,20-23,25-27H2,1H3,(H2,41,47)(H,42,48)(H,43,49)/t36-/m0/s1. The molecule has 49 heavy (non-hydrogen) atoms. The number of hydrogen-bond acceptors (Lipinski definition) is 5. The van der Waals surface area contributed by atoms with Crippen molar-refractivity contribution >= 4 is 28.6 Å². The lowest BCUT2D eigenvalue weighted by Gasteiger charge is -2.35. The molecule has 1 aliphatic heterocycles. The summed E-state index contributed by atoms with van der Waals surface area (Å²) in [7, 11) is 0. The van der Waals surface area contributed by atoms with Gasteiger partial charge in [-0.25, -0.2) is 5.01 Å². The molecule has 0 bridgehead atoms. The van der Waals surface area contributed by atoms with Gasteiger partial charge in [0, 0.05) is 61.9 Å². The number of aromatic nitrogens is 1. The number of benzene rings is 4. The van der Waals surface area contributed by atoms with Gasteiger partial charge in [-0.05, 0) is 60.2 Å². The van der Waals surface area contributed by atoms with E-state index in [0.717, 1.165) is 47.2 Å². The molecule has 1 fully saturated rings. The topological polar surface area (TPSA) is 113 Å². The van der Waals surface area contributed by atoms with Gasteiger partial charge < -0.3 is 15.6 Å². The van der Waals surface area contributed by atoms with Crippen LogP contribution in [0.2, 0.25) is 0 Å². The van der Waals surface area contributed by atoms with Crippen molar-refractivity contribution < 1.29 is 14.4 Å². The average Bonchev–Trinajstić information content (AvgIpc) is 3.44. The maximum Gasteiger partial charge on any atom is 0.256 e. The number of hydrogen-bond donors (Lipinski definition) is 3. The van der Waals surface area contributed by atoms with Crippen molar-refractivity contribution in [2.75, 3.05) is 26.2 Å². The monoisotopic (exact) mass is 656 g/mol. The van der Waals surface area contributed by atoms with Gasteiger partial charge in [-0.15, -0.1) is 0 Å². The number of aryl methyl sites for hydroxylation is 2. The first-order valence-electron chi connectivity index (χ1n) is 16.9. The Balaban J connectivity index is 1.16. The molecule has 252 valence electrons. The number of nitrogens with two attached hydrogens (primary N) is 1. The summed E-state index contributed by atoms with van der Waals surface area (Å²) < 4.78 is 2.08. The summed E-state index contributed by atoms with van der Waals surface area (Å²) in [5.41, 5.74) is 15.4. The second kappa shape index (κ2) is 15.8. The highest BCUT2D eigenvalue weighted by atomic mass is 16.2. The summed E-state index contributed by atoms with van der Waals surface area (Å²) in [6, 6.07) is 33.4. The quantitative estimate of drug-likeness (QED) is 0.172. The predicted molar refractivity (Wildman–Crippen MR) is 193 cm³/mol. The Bertz CT molecular complexity index is 1880.